The van der Waals surface area contributed by atoms with E-state index in [1.165, 1.54) is 6.42 Å². The molecule has 1 aromatic heterocycles. The Morgan fingerprint density at radius 3 is 3.00 bits per heavy atom. The Labute approximate surface area is 111 Å². The summed E-state index contributed by atoms with van der Waals surface area (Å²) in [5, 5.41) is 16.5. The predicted octanol–water partition coefficient (Wildman–Crippen LogP) is 1.52. The lowest BCUT2D eigenvalue weighted by Gasteiger charge is -2.39. The Bertz CT molecular complexity index is 435. The van der Waals surface area contributed by atoms with E-state index in [0.717, 1.165) is 30.8 Å². The van der Waals surface area contributed by atoms with E-state index in [0.29, 0.717) is 16.5 Å². The summed E-state index contributed by atoms with van der Waals surface area (Å²) in [5.41, 5.74) is 0.181. The van der Waals surface area contributed by atoms with Crippen molar-refractivity contribution in [2.24, 2.45) is 5.92 Å². The molecule has 0 saturated heterocycles. The zero-order valence-corrected chi connectivity index (χ0v) is 11.6. The van der Waals surface area contributed by atoms with Crippen molar-refractivity contribution in [3.63, 3.8) is 0 Å². The van der Waals surface area contributed by atoms with Crippen molar-refractivity contribution >= 4 is 17.4 Å². The van der Waals surface area contributed by atoms with Crippen LogP contribution >= 0.6 is 11.5 Å². The average molecular weight is 269 g/mol. The molecule has 2 unspecified atom stereocenters. The number of hydrogen-bond donors (Lipinski definition) is 2. The van der Waals surface area contributed by atoms with Crippen LogP contribution < -0.4 is 5.32 Å². The molecule has 2 rings (SSSR count). The first-order valence-electron chi connectivity index (χ1n) is 6.29. The molecule has 0 spiro atoms. The zero-order chi connectivity index (χ0) is 13.2. The van der Waals surface area contributed by atoms with Crippen LogP contribution in [0.25, 0.3) is 0 Å². The van der Waals surface area contributed by atoms with Crippen LogP contribution in [0.4, 0.5) is 0 Å². The number of aromatic nitrogens is 2. The second-order valence-corrected chi connectivity index (χ2v) is 6.04. The number of aliphatic hydroxyl groups excluding tert-OH is 1. The molecule has 18 heavy (non-hydrogen) atoms. The van der Waals surface area contributed by atoms with Crippen LogP contribution in [-0.2, 0) is 0 Å². The maximum atomic E-state index is 12.2. The molecule has 1 aliphatic rings. The molecule has 1 fully saturated rings. The SMILES string of the molecule is Cc1nnsc1C(=O)NC1(CO)CCCC(C)C1. The molecule has 2 atom stereocenters. The smallest absolute Gasteiger partial charge is 0.265 e. The quantitative estimate of drug-likeness (QED) is 0.872. The zero-order valence-electron chi connectivity index (χ0n) is 10.8. The molecular formula is C12H19N3O2S. The summed E-state index contributed by atoms with van der Waals surface area (Å²) in [7, 11) is 0. The van der Waals surface area contributed by atoms with E-state index in [2.05, 4.69) is 21.8 Å². The fourth-order valence-corrected chi connectivity index (χ4v) is 3.25. The highest BCUT2D eigenvalue weighted by Crippen LogP contribution is 2.32. The van der Waals surface area contributed by atoms with E-state index in [-0.39, 0.29) is 12.5 Å². The Kier molecular flexibility index (Phi) is 3.97. The van der Waals surface area contributed by atoms with Crippen LogP contribution in [0.1, 0.15) is 48.0 Å². The standard InChI is InChI=1S/C12H19N3O2S/c1-8-4-3-5-12(6-8,7-16)13-11(17)10-9(2)14-15-18-10/h8,16H,3-7H2,1-2H3,(H,13,17). The third-order valence-electron chi connectivity index (χ3n) is 3.63. The molecule has 2 N–H and O–H groups in total. The van der Waals surface area contributed by atoms with Crippen molar-refractivity contribution < 1.29 is 9.90 Å². The topological polar surface area (TPSA) is 75.1 Å². The van der Waals surface area contributed by atoms with Gasteiger partial charge in [-0.25, -0.2) is 0 Å². The molecular weight excluding hydrogens is 250 g/mol. The highest BCUT2D eigenvalue weighted by molar-refractivity contribution is 7.08. The number of aliphatic hydroxyl groups is 1. The van der Waals surface area contributed by atoms with Gasteiger partial charge in [0, 0.05) is 0 Å². The Balaban J connectivity index is 2.11. The molecule has 1 saturated carbocycles. The molecule has 1 amide bonds. The van der Waals surface area contributed by atoms with Crippen LogP contribution in [0, 0.1) is 12.8 Å². The first kappa shape index (κ1) is 13.4. The summed E-state index contributed by atoms with van der Waals surface area (Å²) in [4.78, 5) is 12.7. The van der Waals surface area contributed by atoms with Crippen molar-refractivity contribution in [1.29, 1.82) is 0 Å². The number of nitrogens with zero attached hydrogens (tertiary/aromatic N) is 2. The third-order valence-corrected chi connectivity index (χ3v) is 4.46. The molecule has 6 heteroatoms. The van der Waals surface area contributed by atoms with Gasteiger partial charge in [0.15, 0.2) is 0 Å². The van der Waals surface area contributed by atoms with Gasteiger partial charge in [-0.1, -0.05) is 24.3 Å². The van der Waals surface area contributed by atoms with E-state index in [1.54, 1.807) is 6.92 Å². The van der Waals surface area contributed by atoms with E-state index in [4.69, 9.17) is 0 Å². The van der Waals surface area contributed by atoms with Crippen LogP contribution in [0.5, 0.6) is 0 Å². The summed E-state index contributed by atoms with van der Waals surface area (Å²) >= 11 is 1.10. The highest BCUT2D eigenvalue weighted by atomic mass is 32.1. The monoisotopic (exact) mass is 269 g/mol. The fourth-order valence-electron chi connectivity index (χ4n) is 2.69. The van der Waals surface area contributed by atoms with Gasteiger partial charge < -0.3 is 10.4 Å². The normalized spacial score (nSPS) is 28.1. The van der Waals surface area contributed by atoms with Crippen molar-refractivity contribution in [1.82, 2.24) is 14.9 Å². The number of aryl methyl sites for hydroxylation is 1. The van der Waals surface area contributed by atoms with Gasteiger partial charge in [0.1, 0.15) is 4.88 Å². The lowest BCUT2D eigenvalue weighted by Crippen LogP contribution is -2.53. The van der Waals surface area contributed by atoms with Gasteiger partial charge in [-0.05, 0) is 37.2 Å². The third kappa shape index (κ3) is 2.70. The summed E-state index contributed by atoms with van der Waals surface area (Å²) in [6, 6.07) is 0. The molecule has 0 radical (unpaired) electrons. The summed E-state index contributed by atoms with van der Waals surface area (Å²) in [5.74, 6) is 0.373. The first-order valence-corrected chi connectivity index (χ1v) is 7.06. The summed E-state index contributed by atoms with van der Waals surface area (Å²) < 4.78 is 3.77. The minimum Gasteiger partial charge on any atom is -0.394 e. The number of rotatable bonds is 3. The van der Waals surface area contributed by atoms with Gasteiger partial charge in [-0.3, -0.25) is 4.79 Å². The average Bonchev–Trinajstić information content (AvgIpc) is 2.75. The van der Waals surface area contributed by atoms with Crippen molar-refractivity contribution in [2.45, 2.75) is 45.1 Å². The molecule has 1 aliphatic carbocycles. The molecule has 1 heterocycles. The van der Waals surface area contributed by atoms with Crippen molar-refractivity contribution in [3.8, 4) is 0 Å². The molecule has 0 bridgehead atoms. The molecule has 0 aromatic carbocycles. The second-order valence-electron chi connectivity index (χ2n) is 5.28. The van der Waals surface area contributed by atoms with E-state index in [1.807, 2.05) is 0 Å². The maximum absolute atomic E-state index is 12.2. The fraction of sp³-hybridized carbons (Fsp3) is 0.750. The highest BCUT2D eigenvalue weighted by Gasteiger charge is 2.36. The minimum atomic E-state index is -0.467. The van der Waals surface area contributed by atoms with Crippen LogP contribution in [0.2, 0.25) is 0 Å². The Morgan fingerprint density at radius 1 is 1.67 bits per heavy atom. The molecule has 1 aromatic rings. The number of carbonyl (C=O) groups is 1. The van der Waals surface area contributed by atoms with Gasteiger partial charge >= 0.3 is 0 Å². The number of nitrogens with one attached hydrogen (secondary N) is 1. The minimum absolute atomic E-state index is 0.00560. The van der Waals surface area contributed by atoms with Crippen LogP contribution in [0.15, 0.2) is 0 Å². The number of carbonyl (C=O) groups excluding carboxylic acids is 1. The van der Waals surface area contributed by atoms with E-state index >= 15 is 0 Å². The largest absolute Gasteiger partial charge is 0.394 e. The maximum Gasteiger partial charge on any atom is 0.265 e. The van der Waals surface area contributed by atoms with Crippen molar-refractivity contribution in [2.75, 3.05) is 6.61 Å². The van der Waals surface area contributed by atoms with Gasteiger partial charge in [0.05, 0.1) is 17.8 Å². The van der Waals surface area contributed by atoms with Crippen molar-refractivity contribution in [3.05, 3.63) is 10.6 Å². The van der Waals surface area contributed by atoms with Gasteiger partial charge in [0.2, 0.25) is 0 Å². The van der Waals surface area contributed by atoms with Gasteiger partial charge in [-0.2, -0.15) is 0 Å². The summed E-state index contributed by atoms with van der Waals surface area (Å²) in [6.45, 7) is 3.93. The summed E-state index contributed by atoms with van der Waals surface area (Å²) in [6.07, 6.45) is 3.88. The number of amides is 1. The lowest BCUT2D eigenvalue weighted by atomic mass is 9.77. The van der Waals surface area contributed by atoms with Crippen LogP contribution in [-0.4, -0.2) is 32.7 Å². The molecule has 5 nitrogen and oxygen atoms in total. The number of hydrogen-bond acceptors (Lipinski definition) is 5. The predicted molar refractivity (Wildman–Crippen MR) is 69.6 cm³/mol. The van der Waals surface area contributed by atoms with E-state index < -0.39 is 5.54 Å². The van der Waals surface area contributed by atoms with E-state index in [9.17, 15) is 9.90 Å². The Hall–Kier alpha value is -1.01. The molecule has 100 valence electrons. The van der Waals surface area contributed by atoms with Crippen LogP contribution in [0.3, 0.4) is 0 Å². The second kappa shape index (κ2) is 5.32. The molecule has 0 aliphatic heterocycles. The first-order chi connectivity index (χ1) is 8.56. The van der Waals surface area contributed by atoms with Gasteiger partial charge in [0.25, 0.3) is 5.91 Å². The lowest BCUT2D eigenvalue weighted by molar-refractivity contribution is 0.0700. The van der Waals surface area contributed by atoms with Gasteiger partial charge in [-0.15, -0.1) is 5.10 Å². The Morgan fingerprint density at radius 2 is 2.44 bits per heavy atom.